The quantitative estimate of drug-likeness (QED) is 0.833. The van der Waals surface area contributed by atoms with Gasteiger partial charge in [0.25, 0.3) is 5.91 Å². The van der Waals surface area contributed by atoms with Gasteiger partial charge in [-0.2, -0.15) is 0 Å². The normalized spacial score (nSPS) is 17.6. The Hall–Kier alpha value is -2.45. The van der Waals surface area contributed by atoms with E-state index in [2.05, 4.69) is 20.9 Å². The lowest BCUT2D eigenvalue weighted by Gasteiger charge is -2.22. The zero-order valence-electron chi connectivity index (χ0n) is 14.9. The molecule has 2 N–H and O–H groups in total. The zero-order valence-corrected chi connectivity index (χ0v) is 15.7. The molecule has 3 heterocycles. The van der Waals surface area contributed by atoms with Crippen molar-refractivity contribution in [3.8, 4) is 0 Å². The van der Waals surface area contributed by atoms with Crippen molar-refractivity contribution in [1.82, 2.24) is 20.3 Å². The number of aromatic nitrogens is 3. The van der Waals surface area contributed by atoms with Gasteiger partial charge in [-0.3, -0.25) is 9.59 Å². The molecule has 4 rings (SSSR count). The van der Waals surface area contributed by atoms with Crippen molar-refractivity contribution in [2.75, 3.05) is 29.9 Å². The lowest BCUT2D eigenvalue weighted by atomic mass is 10.1. The molecule has 0 aliphatic carbocycles. The third kappa shape index (κ3) is 4.28. The van der Waals surface area contributed by atoms with Gasteiger partial charge in [0.15, 0.2) is 5.69 Å². The minimum Gasteiger partial charge on any atom is -0.320 e. The van der Waals surface area contributed by atoms with Gasteiger partial charge in [0, 0.05) is 24.3 Å². The summed E-state index contributed by atoms with van der Waals surface area (Å²) in [6, 6.07) is 7.63. The van der Waals surface area contributed by atoms with Crippen molar-refractivity contribution in [2.24, 2.45) is 0 Å². The maximum Gasteiger partial charge on any atom is 0.277 e. The molecule has 0 radical (unpaired) electrons. The van der Waals surface area contributed by atoms with Crippen LogP contribution in [0.25, 0.3) is 0 Å². The molecule has 2 fully saturated rings. The number of hydrogen-bond acceptors (Lipinski definition) is 5. The Morgan fingerprint density at radius 1 is 1.26 bits per heavy atom. The minimum atomic E-state index is -0.296. The highest BCUT2D eigenvalue weighted by Gasteiger charge is 2.22. The topological polar surface area (TPSA) is 92.2 Å². The first kappa shape index (κ1) is 19.3. The standard InChI is InChI=1S/C18H22N6O2.ClH/c25-17-5-2-10-23(17)15-4-1-3-13(11-15)20-18(26)16-12-24(22-21-16)14-6-8-19-9-7-14;/h1,3-4,11-12,14,19H,2,5-10H2,(H,20,26);1H. The lowest BCUT2D eigenvalue weighted by Crippen LogP contribution is -2.29. The van der Waals surface area contributed by atoms with Crippen molar-refractivity contribution in [1.29, 1.82) is 0 Å². The second kappa shape index (κ2) is 8.49. The maximum absolute atomic E-state index is 12.5. The number of carbonyl (C=O) groups excluding carboxylic acids is 2. The SMILES string of the molecule is Cl.O=C(Nc1cccc(N2CCCC2=O)c1)c1cn(C2CCNCC2)nn1. The summed E-state index contributed by atoms with van der Waals surface area (Å²) in [5.41, 5.74) is 1.75. The average molecular weight is 391 g/mol. The van der Waals surface area contributed by atoms with Crippen molar-refractivity contribution >= 4 is 35.6 Å². The van der Waals surface area contributed by atoms with Crippen LogP contribution in [0.5, 0.6) is 0 Å². The van der Waals surface area contributed by atoms with E-state index in [9.17, 15) is 9.59 Å². The molecule has 2 aromatic rings. The number of piperidine rings is 1. The zero-order chi connectivity index (χ0) is 17.9. The predicted molar refractivity (Wildman–Crippen MR) is 104 cm³/mol. The van der Waals surface area contributed by atoms with Crippen molar-refractivity contribution in [3.05, 3.63) is 36.2 Å². The first-order chi connectivity index (χ1) is 12.7. The number of hydrogen-bond donors (Lipinski definition) is 2. The van der Waals surface area contributed by atoms with Crippen molar-refractivity contribution < 1.29 is 9.59 Å². The first-order valence-electron chi connectivity index (χ1n) is 9.05. The van der Waals surface area contributed by atoms with Crippen molar-refractivity contribution in [2.45, 2.75) is 31.7 Å². The molecule has 27 heavy (non-hydrogen) atoms. The second-order valence-electron chi connectivity index (χ2n) is 6.72. The van der Waals surface area contributed by atoms with E-state index in [1.54, 1.807) is 21.8 Å². The van der Waals surface area contributed by atoms with Gasteiger partial charge in [-0.15, -0.1) is 17.5 Å². The summed E-state index contributed by atoms with van der Waals surface area (Å²) in [5, 5.41) is 14.3. The van der Waals surface area contributed by atoms with E-state index in [1.165, 1.54) is 0 Å². The molecule has 2 aliphatic rings. The number of benzene rings is 1. The Balaban J connectivity index is 0.00000210. The third-order valence-electron chi connectivity index (χ3n) is 4.91. The molecule has 0 bridgehead atoms. The van der Waals surface area contributed by atoms with Gasteiger partial charge in [0.2, 0.25) is 5.91 Å². The summed E-state index contributed by atoms with van der Waals surface area (Å²) >= 11 is 0. The Bertz CT molecular complexity index is 818. The summed E-state index contributed by atoms with van der Waals surface area (Å²) in [5.74, 6) is -0.173. The average Bonchev–Trinajstić information content (AvgIpc) is 3.32. The fraction of sp³-hybridized carbons (Fsp3) is 0.444. The van der Waals surface area contributed by atoms with E-state index in [1.807, 2.05) is 18.2 Å². The number of nitrogens with one attached hydrogen (secondary N) is 2. The van der Waals surface area contributed by atoms with Crippen LogP contribution in [0.2, 0.25) is 0 Å². The van der Waals surface area contributed by atoms with Crippen LogP contribution < -0.4 is 15.5 Å². The van der Waals surface area contributed by atoms with Gasteiger partial charge in [-0.1, -0.05) is 11.3 Å². The molecule has 144 valence electrons. The number of nitrogens with zero attached hydrogens (tertiary/aromatic N) is 4. The van der Waals surface area contributed by atoms with Gasteiger partial charge in [0.05, 0.1) is 12.2 Å². The molecule has 1 aromatic heterocycles. The van der Waals surface area contributed by atoms with E-state index in [4.69, 9.17) is 0 Å². The molecule has 0 atom stereocenters. The molecular weight excluding hydrogens is 368 g/mol. The fourth-order valence-electron chi connectivity index (χ4n) is 3.50. The fourth-order valence-corrected chi connectivity index (χ4v) is 3.50. The lowest BCUT2D eigenvalue weighted by molar-refractivity contribution is -0.117. The highest BCUT2D eigenvalue weighted by Crippen LogP contribution is 2.24. The Morgan fingerprint density at radius 2 is 2.07 bits per heavy atom. The van der Waals surface area contributed by atoms with Gasteiger partial charge in [-0.05, 0) is 50.6 Å². The summed E-state index contributed by atoms with van der Waals surface area (Å²) in [4.78, 5) is 26.1. The van der Waals surface area contributed by atoms with Gasteiger partial charge in [0.1, 0.15) is 0 Å². The van der Waals surface area contributed by atoms with Gasteiger partial charge >= 0.3 is 0 Å². The summed E-state index contributed by atoms with van der Waals surface area (Å²) in [6.45, 7) is 2.63. The molecule has 8 nitrogen and oxygen atoms in total. The maximum atomic E-state index is 12.5. The molecule has 0 spiro atoms. The van der Waals surface area contributed by atoms with Crippen molar-refractivity contribution in [3.63, 3.8) is 0 Å². The summed E-state index contributed by atoms with van der Waals surface area (Å²) in [7, 11) is 0. The van der Waals surface area contributed by atoms with E-state index in [0.29, 0.717) is 17.8 Å². The number of amides is 2. The van der Waals surface area contributed by atoms with E-state index in [0.717, 1.165) is 44.6 Å². The predicted octanol–water partition coefficient (Wildman–Crippen LogP) is 2.00. The Labute approximate surface area is 163 Å². The molecule has 9 heteroatoms. The van der Waals surface area contributed by atoms with Gasteiger partial charge < -0.3 is 15.5 Å². The summed E-state index contributed by atoms with van der Waals surface area (Å²) < 4.78 is 1.79. The third-order valence-corrected chi connectivity index (χ3v) is 4.91. The van der Waals surface area contributed by atoms with Crippen LogP contribution >= 0.6 is 12.4 Å². The first-order valence-corrected chi connectivity index (χ1v) is 9.05. The molecule has 2 saturated heterocycles. The summed E-state index contributed by atoms with van der Waals surface area (Å²) in [6.07, 6.45) is 5.12. The largest absolute Gasteiger partial charge is 0.320 e. The Kier molecular flexibility index (Phi) is 6.08. The molecule has 2 aliphatic heterocycles. The van der Waals surface area contributed by atoms with Crippen LogP contribution in [-0.2, 0) is 4.79 Å². The molecule has 0 unspecified atom stereocenters. The molecule has 2 amide bonds. The number of carbonyl (C=O) groups is 2. The van der Waals surface area contributed by atoms with Crippen LogP contribution in [0.1, 0.15) is 42.2 Å². The minimum absolute atomic E-state index is 0. The second-order valence-corrected chi connectivity index (χ2v) is 6.72. The number of rotatable bonds is 4. The van der Waals surface area contributed by atoms with E-state index >= 15 is 0 Å². The van der Waals surface area contributed by atoms with Crippen LogP contribution in [0.3, 0.4) is 0 Å². The molecular formula is C18H23ClN6O2. The highest BCUT2D eigenvalue weighted by molar-refractivity contribution is 6.03. The molecule has 0 saturated carbocycles. The van der Waals surface area contributed by atoms with Crippen LogP contribution in [0.4, 0.5) is 11.4 Å². The Morgan fingerprint density at radius 3 is 2.81 bits per heavy atom. The van der Waals surface area contributed by atoms with Gasteiger partial charge in [-0.25, -0.2) is 4.68 Å². The van der Waals surface area contributed by atoms with E-state index in [-0.39, 0.29) is 30.3 Å². The van der Waals surface area contributed by atoms with Crippen LogP contribution in [0.15, 0.2) is 30.5 Å². The smallest absolute Gasteiger partial charge is 0.277 e. The number of anilines is 2. The monoisotopic (exact) mass is 390 g/mol. The van der Waals surface area contributed by atoms with Crippen LogP contribution in [-0.4, -0.2) is 46.4 Å². The van der Waals surface area contributed by atoms with Crippen LogP contribution in [0, 0.1) is 0 Å². The molecule has 1 aromatic carbocycles. The van der Waals surface area contributed by atoms with E-state index < -0.39 is 0 Å². The highest BCUT2D eigenvalue weighted by atomic mass is 35.5. The number of halogens is 1.